The number of nitrogens with zero attached hydrogens (tertiary/aromatic N) is 2. The summed E-state index contributed by atoms with van der Waals surface area (Å²) in [5.74, 6) is -2.84. The van der Waals surface area contributed by atoms with E-state index in [1.165, 1.54) is 21.8 Å². The summed E-state index contributed by atoms with van der Waals surface area (Å²) in [7, 11) is 0. The molecule has 0 N–H and O–H groups in total. The van der Waals surface area contributed by atoms with Crippen molar-refractivity contribution in [3.05, 3.63) is 22.4 Å². The van der Waals surface area contributed by atoms with E-state index in [1.54, 1.807) is 0 Å². The summed E-state index contributed by atoms with van der Waals surface area (Å²) in [5, 5.41) is 7.17. The lowest BCUT2D eigenvalue weighted by Crippen LogP contribution is -2.06. The van der Waals surface area contributed by atoms with Gasteiger partial charge in [0.2, 0.25) is 0 Å². The van der Waals surface area contributed by atoms with Crippen molar-refractivity contribution < 1.29 is 13.2 Å². The summed E-state index contributed by atoms with van der Waals surface area (Å²) in [6.07, 6.45) is 0. The highest BCUT2D eigenvalue weighted by atomic mass is 32.1. The van der Waals surface area contributed by atoms with Gasteiger partial charge in [0.05, 0.1) is 4.88 Å². The van der Waals surface area contributed by atoms with Gasteiger partial charge in [-0.1, -0.05) is 27.7 Å². The largest absolute Gasteiger partial charge is 0.414 e. The minimum Gasteiger partial charge on any atom is -0.414 e. The fourth-order valence-corrected chi connectivity index (χ4v) is 3.17. The van der Waals surface area contributed by atoms with Crippen molar-refractivity contribution in [2.45, 2.75) is 52.4 Å². The van der Waals surface area contributed by atoms with Crippen molar-refractivity contribution in [2.24, 2.45) is 0 Å². The Morgan fingerprint density at radius 2 is 1.80 bits per heavy atom. The van der Waals surface area contributed by atoms with Gasteiger partial charge < -0.3 is 4.42 Å². The average Bonchev–Trinajstić information content (AvgIpc) is 2.94. The molecular weight excluding hydrogens is 282 g/mol. The van der Waals surface area contributed by atoms with Crippen LogP contribution in [0, 0.1) is 0 Å². The molecule has 0 aliphatic heterocycles. The zero-order valence-electron chi connectivity index (χ0n) is 12.2. The van der Waals surface area contributed by atoms with Crippen molar-refractivity contribution in [3.8, 4) is 10.8 Å². The molecule has 2 aromatic heterocycles. The van der Waals surface area contributed by atoms with Gasteiger partial charge in [0, 0.05) is 11.8 Å². The first-order valence-electron chi connectivity index (χ1n) is 6.56. The Morgan fingerprint density at radius 1 is 1.15 bits per heavy atom. The molecule has 0 atom stereocenters. The maximum absolute atomic E-state index is 13.1. The van der Waals surface area contributed by atoms with Crippen LogP contribution in [0.4, 0.5) is 8.78 Å². The molecule has 0 saturated heterocycles. The Hall–Kier alpha value is -1.30. The molecule has 0 saturated carbocycles. The summed E-state index contributed by atoms with van der Waals surface area (Å²) in [4.78, 5) is 1.98. The number of halogens is 2. The lowest BCUT2D eigenvalue weighted by Gasteiger charge is -2.08. The highest BCUT2D eigenvalue weighted by molar-refractivity contribution is 7.15. The van der Waals surface area contributed by atoms with Gasteiger partial charge in [-0.25, -0.2) is 0 Å². The molecule has 2 aromatic rings. The molecule has 0 bridgehead atoms. The lowest BCUT2D eigenvalue weighted by molar-refractivity contribution is -0.0105. The predicted octanol–water partition coefficient (Wildman–Crippen LogP) is 5.16. The van der Waals surface area contributed by atoms with E-state index >= 15 is 0 Å². The Balaban J connectivity index is 2.43. The Bertz CT molecular complexity index is 571. The Kier molecular flexibility index (Phi) is 3.95. The zero-order chi connectivity index (χ0) is 15.1. The number of hydrogen-bond acceptors (Lipinski definition) is 4. The van der Waals surface area contributed by atoms with Gasteiger partial charge in [-0.2, -0.15) is 8.78 Å². The highest BCUT2D eigenvalue weighted by Gasteiger charge is 2.32. The summed E-state index contributed by atoms with van der Waals surface area (Å²) in [6.45, 7) is 9.19. The third-order valence-corrected chi connectivity index (χ3v) is 4.39. The smallest absolute Gasteiger partial charge is 0.321 e. The van der Waals surface area contributed by atoms with Crippen LogP contribution >= 0.6 is 11.3 Å². The number of hydrogen-bond donors (Lipinski definition) is 0. The normalized spacial score (nSPS) is 12.7. The number of rotatable bonds is 4. The molecule has 20 heavy (non-hydrogen) atoms. The molecule has 0 aliphatic rings. The molecule has 0 spiro atoms. The van der Waals surface area contributed by atoms with E-state index < -0.39 is 11.8 Å². The number of alkyl halides is 2. The predicted molar refractivity (Wildman–Crippen MR) is 75.4 cm³/mol. The maximum Gasteiger partial charge on any atom is 0.321 e. The van der Waals surface area contributed by atoms with E-state index in [-0.39, 0.29) is 5.89 Å². The first kappa shape index (κ1) is 15.1. The van der Waals surface area contributed by atoms with Crippen LogP contribution in [-0.4, -0.2) is 10.2 Å². The van der Waals surface area contributed by atoms with Crippen molar-refractivity contribution >= 4 is 11.3 Å². The third-order valence-electron chi connectivity index (χ3n) is 2.95. The SMILES string of the molecule is CC(C)c1cc(-c2nnc(C(C)(F)F)o2)sc1C(C)C. The molecule has 0 unspecified atom stereocenters. The lowest BCUT2D eigenvalue weighted by atomic mass is 9.99. The second-order valence-electron chi connectivity index (χ2n) is 5.54. The van der Waals surface area contributed by atoms with Crippen LogP contribution in [0.5, 0.6) is 0 Å². The van der Waals surface area contributed by atoms with Gasteiger partial charge >= 0.3 is 5.92 Å². The highest BCUT2D eigenvalue weighted by Crippen LogP contribution is 2.39. The van der Waals surface area contributed by atoms with E-state index in [0.717, 1.165) is 11.8 Å². The fraction of sp³-hybridized carbons (Fsp3) is 0.571. The van der Waals surface area contributed by atoms with Crippen molar-refractivity contribution in [3.63, 3.8) is 0 Å². The molecule has 0 fully saturated rings. The summed E-state index contributed by atoms with van der Waals surface area (Å²) >= 11 is 1.53. The topological polar surface area (TPSA) is 38.9 Å². The quantitative estimate of drug-likeness (QED) is 0.783. The van der Waals surface area contributed by atoms with Crippen LogP contribution in [0.2, 0.25) is 0 Å². The van der Waals surface area contributed by atoms with Crippen molar-refractivity contribution in [1.82, 2.24) is 10.2 Å². The van der Waals surface area contributed by atoms with Gasteiger partial charge in [-0.15, -0.1) is 21.5 Å². The van der Waals surface area contributed by atoms with Crippen LogP contribution < -0.4 is 0 Å². The first-order valence-corrected chi connectivity index (χ1v) is 7.37. The molecule has 0 radical (unpaired) electrons. The summed E-state index contributed by atoms with van der Waals surface area (Å²) < 4.78 is 31.4. The molecule has 3 nitrogen and oxygen atoms in total. The maximum atomic E-state index is 13.1. The van der Waals surface area contributed by atoms with Gasteiger partial charge in [0.15, 0.2) is 0 Å². The first-order chi connectivity index (χ1) is 9.20. The van der Waals surface area contributed by atoms with Gasteiger partial charge in [-0.05, 0) is 23.5 Å². The monoisotopic (exact) mass is 300 g/mol. The summed E-state index contributed by atoms with van der Waals surface area (Å²) in [6, 6.07) is 1.97. The standard InChI is InChI=1S/C14H18F2N2OS/c1-7(2)9-6-10(20-11(9)8(3)4)12-17-18-13(19-12)14(5,15)16/h6-8H,1-5H3. The van der Waals surface area contributed by atoms with Crippen LogP contribution in [0.15, 0.2) is 10.5 Å². The molecule has 0 aromatic carbocycles. The minimum absolute atomic E-state index is 0.167. The average molecular weight is 300 g/mol. The van der Waals surface area contributed by atoms with Crippen molar-refractivity contribution in [1.29, 1.82) is 0 Å². The second kappa shape index (κ2) is 5.24. The van der Waals surface area contributed by atoms with Crippen LogP contribution in [0.3, 0.4) is 0 Å². The van der Waals surface area contributed by atoms with Gasteiger partial charge in [0.25, 0.3) is 11.8 Å². The zero-order valence-corrected chi connectivity index (χ0v) is 13.0. The number of aromatic nitrogens is 2. The molecule has 2 heterocycles. The Morgan fingerprint density at radius 3 is 2.20 bits per heavy atom. The fourth-order valence-electron chi connectivity index (χ4n) is 1.93. The van der Waals surface area contributed by atoms with Crippen molar-refractivity contribution in [2.75, 3.05) is 0 Å². The van der Waals surface area contributed by atoms with Crippen LogP contribution in [0.25, 0.3) is 10.8 Å². The molecule has 110 valence electrons. The molecule has 6 heteroatoms. The van der Waals surface area contributed by atoms with Crippen LogP contribution in [-0.2, 0) is 5.92 Å². The summed E-state index contributed by atoms with van der Waals surface area (Å²) in [5.41, 5.74) is 1.21. The second-order valence-corrected chi connectivity index (χ2v) is 6.62. The van der Waals surface area contributed by atoms with Crippen LogP contribution in [0.1, 0.15) is 62.8 Å². The van der Waals surface area contributed by atoms with E-state index in [4.69, 9.17) is 4.42 Å². The number of thiophene rings is 1. The third kappa shape index (κ3) is 2.90. The van der Waals surface area contributed by atoms with E-state index in [9.17, 15) is 8.78 Å². The molecule has 2 rings (SSSR count). The van der Waals surface area contributed by atoms with E-state index in [2.05, 4.69) is 37.9 Å². The molecule has 0 amide bonds. The Labute approximate surface area is 121 Å². The van der Waals surface area contributed by atoms with Gasteiger partial charge in [0.1, 0.15) is 0 Å². The van der Waals surface area contributed by atoms with Gasteiger partial charge in [-0.3, -0.25) is 0 Å². The minimum atomic E-state index is -3.11. The molecular formula is C14H18F2N2OS. The molecule has 0 aliphatic carbocycles. The van der Waals surface area contributed by atoms with E-state index in [0.29, 0.717) is 11.8 Å². The van der Waals surface area contributed by atoms with E-state index in [1.807, 2.05) is 6.07 Å².